The standard InChI is InChI=1S/C20H42O4S/c1-3-5-6-7-8-9-10-11-13-16-19(21)17-14-12-15-18-20(4-2)25(22,23)24/h19-21H,3-18H2,1-2H3,(H,22,23,24). The first-order valence-corrected chi connectivity index (χ1v) is 12.1. The van der Waals surface area contributed by atoms with Gasteiger partial charge in [0.2, 0.25) is 0 Å². The molecule has 25 heavy (non-hydrogen) atoms. The molecule has 0 aromatic carbocycles. The van der Waals surface area contributed by atoms with Crippen LogP contribution in [0.25, 0.3) is 0 Å². The monoisotopic (exact) mass is 378 g/mol. The van der Waals surface area contributed by atoms with Gasteiger partial charge in [-0.15, -0.1) is 0 Å². The molecule has 4 nitrogen and oxygen atoms in total. The lowest BCUT2D eigenvalue weighted by atomic mass is 10.0. The Kier molecular flexibility index (Phi) is 16.0. The molecule has 2 unspecified atom stereocenters. The third-order valence-corrected chi connectivity index (χ3v) is 6.49. The van der Waals surface area contributed by atoms with Crippen molar-refractivity contribution in [2.75, 3.05) is 0 Å². The van der Waals surface area contributed by atoms with E-state index >= 15 is 0 Å². The van der Waals surface area contributed by atoms with Gasteiger partial charge in [0.15, 0.2) is 0 Å². The summed E-state index contributed by atoms with van der Waals surface area (Å²) in [6.45, 7) is 4.03. The topological polar surface area (TPSA) is 74.6 Å². The predicted molar refractivity (Wildman–Crippen MR) is 107 cm³/mol. The molecule has 0 amide bonds. The van der Waals surface area contributed by atoms with E-state index in [0.29, 0.717) is 12.8 Å². The molecule has 0 saturated heterocycles. The summed E-state index contributed by atoms with van der Waals surface area (Å²) in [6, 6.07) is 0. The highest BCUT2D eigenvalue weighted by molar-refractivity contribution is 7.86. The second kappa shape index (κ2) is 16.1. The van der Waals surface area contributed by atoms with Gasteiger partial charge in [0.05, 0.1) is 11.4 Å². The molecule has 0 radical (unpaired) electrons. The van der Waals surface area contributed by atoms with E-state index in [1.54, 1.807) is 6.92 Å². The summed E-state index contributed by atoms with van der Waals surface area (Å²) in [5, 5.41) is 9.37. The number of aliphatic hydroxyl groups excluding tert-OH is 1. The van der Waals surface area contributed by atoms with Crippen molar-refractivity contribution in [2.45, 2.75) is 128 Å². The third-order valence-electron chi connectivity index (χ3n) is 5.08. The molecule has 0 aromatic heterocycles. The second-order valence-electron chi connectivity index (χ2n) is 7.45. The Hall–Kier alpha value is -0.130. The Morgan fingerprint density at radius 3 is 1.52 bits per heavy atom. The average Bonchev–Trinajstić information content (AvgIpc) is 2.55. The summed E-state index contributed by atoms with van der Waals surface area (Å²) in [7, 11) is -3.89. The van der Waals surface area contributed by atoms with E-state index in [-0.39, 0.29) is 6.10 Å². The van der Waals surface area contributed by atoms with E-state index in [1.807, 2.05) is 0 Å². The third kappa shape index (κ3) is 15.8. The Bertz CT molecular complexity index is 381. The van der Waals surface area contributed by atoms with E-state index < -0.39 is 15.4 Å². The van der Waals surface area contributed by atoms with E-state index in [4.69, 9.17) is 4.55 Å². The van der Waals surface area contributed by atoms with Crippen molar-refractivity contribution in [3.05, 3.63) is 0 Å². The highest BCUT2D eigenvalue weighted by atomic mass is 32.2. The number of aliphatic hydroxyl groups is 1. The normalized spacial score (nSPS) is 14.6. The van der Waals surface area contributed by atoms with Crippen molar-refractivity contribution >= 4 is 10.1 Å². The summed E-state index contributed by atoms with van der Waals surface area (Å²) in [5.74, 6) is 0. The maximum atomic E-state index is 11.1. The molecule has 0 aliphatic rings. The van der Waals surface area contributed by atoms with Crippen LogP contribution in [0, 0.1) is 0 Å². The van der Waals surface area contributed by atoms with Crippen LogP contribution in [-0.4, -0.2) is 29.4 Å². The fourth-order valence-corrected chi connectivity index (χ4v) is 4.21. The molecule has 0 aliphatic carbocycles. The Labute approximate surface area is 156 Å². The van der Waals surface area contributed by atoms with Crippen LogP contribution in [-0.2, 0) is 10.1 Å². The van der Waals surface area contributed by atoms with E-state index in [0.717, 1.165) is 38.5 Å². The minimum absolute atomic E-state index is 0.215. The molecule has 2 atom stereocenters. The summed E-state index contributed by atoms with van der Waals surface area (Å²) in [6.07, 6.45) is 16.8. The number of unbranched alkanes of at least 4 members (excludes halogenated alkanes) is 10. The van der Waals surface area contributed by atoms with Crippen LogP contribution in [0.4, 0.5) is 0 Å². The molecule has 0 aliphatic heterocycles. The molecule has 2 N–H and O–H groups in total. The summed E-state index contributed by atoms with van der Waals surface area (Å²) in [4.78, 5) is 0. The zero-order valence-electron chi connectivity index (χ0n) is 16.6. The fourth-order valence-electron chi connectivity index (χ4n) is 3.33. The van der Waals surface area contributed by atoms with Crippen LogP contribution >= 0.6 is 0 Å². The van der Waals surface area contributed by atoms with Crippen LogP contribution in [0.1, 0.15) is 117 Å². The second-order valence-corrected chi connectivity index (χ2v) is 9.15. The zero-order chi connectivity index (χ0) is 19.0. The van der Waals surface area contributed by atoms with Gasteiger partial charge >= 0.3 is 0 Å². The minimum atomic E-state index is -3.89. The average molecular weight is 379 g/mol. The lowest BCUT2D eigenvalue weighted by Gasteiger charge is -2.12. The Morgan fingerprint density at radius 1 is 0.680 bits per heavy atom. The summed E-state index contributed by atoms with van der Waals surface area (Å²) < 4.78 is 31.3. The van der Waals surface area contributed by atoms with Gasteiger partial charge in [-0.3, -0.25) is 4.55 Å². The molecule has 0 fully saturated rings. The lowest BCUT2D eigenvalue weighted by Crippen LogP contribution is -2.19. The van der Waals surface area contributed by atoms with Crippen molar-refractivity contribution in [1.29, 1.82) is 0 Å². The van der Waals surface area contributed by atoms with Gasteiger partial charge in [-0.2, -0.15) is 8.42 Å². The molecule has 0 aromatic rings. The molecular weight excluding hydrogens is 336 g/mol. The lowest BCUT2D eigenvalue weighted by molar-refractivity contribution is 0.147. The van der Waals surface area contributed by atoms with E-state index in [2.05, 4.69) is 6.92 Å². The molecule has 0 rings (SSSR count). The highest BCUT2D eigenvalue weighted by Crippen LogP contribution is 2.17. The van der Waals surface area contributed by atoms with Gasteiger partial charge in [-0.1, -0.05) is 90.9 Å². The minimum Gasteiger partial charge on any atom is -0.393 e. The molecular formula is C20H42O4S. The van der Waals surface area contributed by atoms with Crippen LogP contribution in [0.15, 0.2) is 0 Å². The van der Waals surface area contributed by atoms with Gasteiger partial charge in [0.25, 0.3) is 10.1 Å². The smallest absolute Gasteiger partial charge is 0.267 e. The van der Waals surface area contributed by atoms with Gasteiger partial charge in [0.1, 0.15) is 0 Å². The first kappa shape index (κ1) is 24.9. The quantitative estimate of drug-likeness (QED) is 0.230. The van der Waals surface area contributed by atoms with Crippen molar-refractivity contribution in [3.63, 3.8) is 0 Å². The first-order chi connectivity index (χ1) is 11.9. The zero-order valence-corrected chi connectivity index (χ0v) is 17.4. The van der Waals surface area contributed by atoms with Crippen LogP contribution in [0.5, 0.6) is 0 Å². The van der Waals surface area contributed by atoms with Gasteiger partial charge in [-0.05, 0) is 25.7 Å². The van der Waals surface area contributed by atoms with Crippen LogP contribution < -0.4 is 0 Å². The van der Waals surface area contributed by atoms with Gasteiger partial charge in [0, 0.05) is 0 Å². The maximum Gasteiger partial charge on any atom is 0.267 e. The van der Waals surface area contributed by atoms with Crippen LogP contribution in [0.3, 0.4) is 0 Å². The predicted octanol–water partition coefficient (Wildman–Crippen LogP) is 5.89. The molecule has 5 heteroatoms. The largest absolute Gasteiger partial charge is 0.393 e. The van der Waals surface area contributed by atoms with Crippen molar-refractivity contribution in [1.82, 2.24) is 0 Å². The Morgan fingerprint density at radius 2 is 1.08 bits per heavy atom. The molecule has 0 spiro atoms. The van der Waals surface area contributed by atoms with Gasteiger partial charge < -0.3 is 5.11 Å². The summed E-state index contributed by atoms with van der Waals surface area (Å²) in [5.41, 5.74) is 0. The number of hydrogen-bond donors (Lipinski definition) is 2. The summed E-state index contributed by atoms with van der Waals surface area (Å²) >= 11 is 0. The molecule has 0 saturated carbocycles. The maximum absolute atomic E-state index is 11.1. The van der Waals surface area contributed by atoms with Crippen molar-refractivity contribution in [2.24, 2.45) is 0 Å². The first-order valence-electron chi connectivity index (χ1n) is 10.6. The molecule has 0 bridgehead atoms. The SMILES string of the molecule is CCCCCCCCCCCC(O)CCCCCC(CC)S(=O)(=O)O. The highest BCUT2D eigenvalue weighted by Gasteiger charge is 2.19. The van der Waals surface area contributed by atoms with Gasteiger partial charge in [-0.25, -0.2) is 0 Å². The van der Waals surface area contributed by atoms with E-state index in [9.17, 15) is 13.5 Å². The van der Waals surface area contributed by atoms with Crippen molar-refractivity contribution < 1.29 is 18.1 Å². The van der Waals surface area contributed by atoms with Crippen LogP contribution in [0.2, 0.25) is 0 Å². The van der Waals surface area contributed by atoms with E-state index in [1.165, 1.54) is 51.4 Å². The Balaban J connectivity index is 3.43. The fraction of sp³-hybridized carbons (Fsp3) is 1.00. The molecule has 152 valence electrons. The number of rotatable bonds is 18. The van der Waals surface area contributed by atoms with Crippen molar-refractivity contribution in [3.8, 4) is 0 Å². The molecule has 0 heterocycles. The number of hydrogen-bond acceptors (Lipinski definition) is 3.